The zero-order valence-electron chi connectivity index (χ0n) is 10.5. The van der Waals surface area contributed by atoms with E-state index in [0.717, 1.165) is 24.5 Å². The van der Waals surface area contributed by atoms with Crippen molar-refractivity contribution in [2.24, 2.45) is 5.41 Å². The van der Waals surface area contributed by atoms with E-state index in [1.807, 2.05) is 12.1 Å². The van der Waals surface area contributed by atoms with E-state index in [-0.39, 0.29) is 5.41 Å². The fraction of sp³-hybridized carbons (Fsp3) is 0.538. The van der Waals surface area contributed by atoms with Crippen LogP contribution in [0.15, 0.2) is 18.2 Å². The number of hydrogen-bond donors (Lipinski definition) is 1. The zero-order chi connectivity index (χ0) is 11.8. The van der Waals surface area contributed by atoms with Crippen LogP contribution in [-0.4, -0.2) is 27.2 Å². The summed E-state index contributed by atoms with van der Waals surface area (Å²) in [5.74, 6) is 0.919. The highest BCUT2D eigenvalue weighted by Crippen LogP contribution is 2.38. The van der Waals surface area contributed by atoms with Gasteiger partial charge in [0.05, 0.1) is 12.8 Å². The maximum absolute atomic E-state index is 5.40. The van der Waals surface area contributed by atoms with Crippen molar-refractivity contribution in [1.29, 1.82) is 0 Å². The van der Waals surface area contributed by atoms with Crippen LogP contribution in [0.3, 0.4) is 0 Å². The Morgan fingerprint density at radius 3 is 2.81 bits per heavy atom. The summed E-state index contributed by atoms with van der Waals surface area (Å²) in [4.78, 5) is 2.29. The molecule has 1 aromatic carbocycles. The number of nitrogens with zero attached hydrogens (tertiary/aromatic N) is 1. The van der Waals surface area contributed by atoms with Crippen molar-refractivity contribution in [2.75, 3.05) is 37.5 Å². The number of benzene rings is 1. The Balaban J connectivity index is 2.44. The first-order valence-electron chi connectivity index (χ1n) is 5.65. The predicted octanol–water partition coefficient (Wildman–Crippen LogP) is 2.58. The Morgan fingerprint density at radius 1 is 1.38 bits per heavy atom. The van der Waals surface area contributed by atoms with E-state index in [2.05, 4.69) is 37.2 Å². The van der Waals surface area contributed by atoms with Crippen LogP contribution < -0.4 is 15.0 Å². The standard InChI is InChI=1S/C13H20N2O/c1-13(2)8-14-12-10(15(3)9-13)6-5-7-11(12)16-4/h5-7,14H,8-9H2,1-4H3. The van der Waals surface area contributed by atoms with E-state index in [0.29, 0.717) is 0 Å². The molecule has 2 rings (SSSR count). The van der Waals surface area contributed by atoms with Gasteiger partial charge in [-0.1, -0.05) is 19.9 Å². The number of para-hydroxylation sites is 1. The van der Waals surface area contributed by atoms with Gasteiger partial charge >= 0.3 is 0 Å². The smallest absolute Gasteiger partial charge is 0.144 e. The molecule has 0 bridgehead atoms. The minimum absolute atomic E-state index is 0.263. The molecule has 3 nitrogen and oxygen atoms in total. The van der Waals surface area contributed by atoms with Crippen molar-refractivity contribution in [2.45, 2.75) is 13.8 Å². The molecule has 0 radical (unpaired) electrons. The summed E-state index contributed by atoms with van der Waals surface area (Å²) in [6.07, 6.45) is 0. The van der Waals surface area contributed by atoms with Crippen LogP contribution in [0.1, 0.15) is 13.8 Å². The Bertz CT molecular complexity index is 388. The summed E-state index contributed by atoms with van der Waals surface area (Å²) in [5.41, 5.74) is 2.58. The van der Waals surface area contributed by atoms with Gasteiger partial charge in [-0.05, 0) is 17.5 Å². The average Bonchev–Trinajstić information content (AvgIpc) is 2.35. The molecule has 0 saturated carbocycles. The van der Waals surface area contributed by atoms with Gasteiger partial charge in [0.1, 0.15) is 11.4 Å². The van der Waals surface area contributed by atoms with Crippen LogP contribution >= 0.6 is 0 Å². The van der Waals surface area contributed by atoms with Gasteiger partial charge in [-0.15, -0.1) is 0 Å². The number of ether oxygens (including phenoxy) is 1. The van der Waals surface area contributed by atoms with E-state index < -0.39 is 0 Å². The minimum Gasteiger partial charge on any atom is -0.495 e. The maximum atomic E-state index is 5.40. The van der Waals surface area contributed by atoms with Crippen LogP contribution in [-0.2, 0) is 0 Å². The fourth-order valence-electron chi connectivity index (χ4n) is 2.30. The third-order valence-corrected chi connectivity index (χ3v) is 3.04. The van der Waals surface area contributed by atoms with Gasteiger partial charge in [0, 0.05) is 20.1 Å². The monoisotopic (exact) mass is 220 g/mol. The molecule has 0 spiro atoms. The SMILES string of the molecule is COc1cccc2c1NCC(C)(C)CN2C. The lowest BCUT2D eigenvalue weighted by Gasteiger charge is -2.27. The van der Waals surface area contributed by atoms with Crippen molar-refractivity contribution in [3.63, 3.8) is 0 Å². The summed E-state index contributed by atoms with van der Waals surface area (Å²) in [7, 11) is 3.85. The summed E-state index contributed by atoms with van der Waals surface area (Å²) in [6.45, 7) is 6.55. The van der Waals surface area contributed by atoms with Gasteiger partial charge in [-0.2, -0.15) is 0 Å². The predicted molar refractivity (Wildman–Crippen MR) is 68.5 cm³/mol. The second-order valence-corrected chi connectivity index (χ2v) is 5.23. The Labute approximate surface area is 97.4 Å². The first kappa shape index (κ1) is 11.1. The molecule has 0 atom stereocenters. The molecule has 0 amide bonds. The summed E-state index contributed by atoms with van der Waals surface area (Å²) in [6, 6.07) is 6.17. The molecule has 0 fully saturated rings. The molecule has 0 unspecified atom stereocenters. The van der Waals surface area contributed by atoms with Gasteiger partial charge in [0.25, 0.3) is 0 Å². The zero-order valence-corrected chi connectivity index (χ0v) is 10.5. The van der Waals surface area contributed by atoms with Crippen LogP contribution in [0.25, 0.3) is 0 Å². The highest BCUT2D eigenvalue weighted by atomic mass is 16.5. The van der Waals surface area contributed by atoms with E-state index in [9.17, 15) is 0 Å². The molecular weight excluding hydrogens is 200 g/mol. The molecule has 1 aromatic rings. The Hall–Kier alpha value is -1.38. The number of nitrogens with one attached hydrogen (secondary N) is 1. The number of methoxy groups -OCH3 is 1. The Kier molecular flexibility index (Phi) is 2.70. The molecule has 0 saturated heterocycles. The summed E-state index contributed by atoms with van der Waals surface area (Å²) < 4.78 is 5.40. The van der Waals surface area contributed by atoms with E-state index in [1.54, 1.807) is 7.11 Å². The molecule has 88 valence electrons. The normalized spacial score (nSPS) is 18.4. The van der Waals surface area contributed by atoms with Crippen LogP contribution in [0.2, 0.25) is 0 Å². The van der Waals surface area contributed by atoms with Gasteiger partial charge in [-0.25, -0.2) is 0 Å². The molecule has 1 aliphatic heterocycles. The fourth-order valence-corrected chi connectivity index (χ4v) is 2.30. The maximum Gasteiger partial charge on any atom is 0.144 e. The molecule has 0 aromatic heterocycles. The second-order valence-electron chi connectivity index (χ2n) is 5.23. The minimum atomic E-state index is 0.263. The van der Waals surface area contributed by atoms with Crippen LogP contribution in [0, 0.1) is 5.41 Å². The second kappa shape index (κ2) is 3.89. The quantitative estimate of drug-likeness (QED) is 0.787. The van der Waals surface area contributed by atoms with Gasteiger partial charge in [-0.3, -0.25) is 0 Å². The van der Waals surface area contributed by atoms with Gasteiger partial charge < -0.3 is 15.0 Å². The van der Waals surface area contributed by atoms with Crippen LogP contribution in [0.5, 0.6) is 5.75 Å². The van der Waals surface area contributed by atoms with E-state index in [1.165, 1.54) is 5.69 Å². The van der Waals surface area contributed by atoms with Crippen molar-refractivity contribution < 1.29 is 4.74 Å². The van der Waals surface area contributed by atoms with Crippen molar-refractivity contribution in [1.82, 2.24) is 0 Å². The number of anilines is 2. The first-order chi connectivity index (χ1) is 7.53. The van der Waals surface area contributed by atoms with Crippen LogP contribution in [0.4, 0.5) is 11.4 Å². The van der Waals surface area contributed by atoms with E-state index >= 15 is 0 Å². The highest BCUT2D eigenvalue weighted by Gasteiger charge is 2.26. The number of rotatable bonds is 1. The molecular formula is C13H20N2O. The van der Waals surface area contributed by atoms with Crippen molar-refractivity contribution in [3.8, 4) is 5.75 Å². The van der Waals surface area contributed by atoms with Crippen molar-refractivity contribution in [3.05, 3.63) is 18.2 Å². The van der Waals surface area contributed by atoms with Crippen molar-refractivity contribution >= 4 is 11.4 Å². The topological polar surface area (TPSA) is 24.5 Å². The number of fused-ring (bicyclic) bond motifs is 1. The highest BCUT2D eigenvalue weighted by molar-refractivity contribution is 5.77. The lowest BCUT2D eigenvalue weighted by molar-refractivity contribution is 0.401. The molecule has 16 heavy (non-hydrogen) atoms. The van der Waals surface area contributed by atoms with E-state index in [4.69, 9.17) is 4.74 Å². The summed E-state index contributed by atoms with van der Waals surface area (Å²) in [5, 5.41) is 3.50. The molecule has 0 aliphatic carbocycles. The molecule has 1 N–H and O–H groups in total. The average molecular weight is 220 g/mol. The molecule has 1 aliphatic rings. The Morgan fingerprint density at radius 2 is 2.12 bits per heavy atom. The first-order valence-corrected chi connectivity index (χ1v) is 5.65. The molecule has 3 heteroatoms. The third-order valence-electron chi connectivity index (χ3n) is 3.04. The summed E-state index contributed by atoms with van der Waals surface area (Å²) >= 11 is 0. The lowest BCUT2D eigenvalue weighted by Crippen LogP contribution is -2.33. The largest absolute Gasteiger partial charge is 0.495 e. The third kappa shape index (κ3) is 1.94. The lowest BCUT2D eigenvalue weighted by atomic mass is 9.93. The van der Waals surface area contributed by atoms with Gasteiger partial charge in [0.2, 0.25) is 0 Å². The molecule has 1 heterocycles. The van der Waals surface area contributed by atoms with Gasteiger partial charge in [0.15, 0.2) is 0 Å². The number of hydrogen-bond acceptors (Lipinski definition) is 3.